The lowest BCUT2D eigenvalue weighted by molar-refractivity contribution is -0.120. The molecule has 0 saturated carbocycles. The Morgan fingerprint density at radius 2 is 1.78 bits per heavy atom. The van der Waals surface area contributed by atoms with Gasteiger partial charge in [0.1, 0.15) is 17.4 Å². The molecule has 41 heavy (non-hydrogen) atoms. The van der Waals surface area contributed by atoms with Crippen molar-refractivity contribution in [2.24, 2.45) is 5.73 Å². The van der Waals surface area contributed by atoms with Gasteiger partial charge in [-0.15, -0.1) is 0 Å². The summed E-state index contributed by atoms with van der Waals surface area (Å²) in [6.45, 7) is 6.82. The van der Waals surface area contributed by atoms with Gasteiger partial charge in [-0.25, -0.2) is 9.59 Å². The van der Waals surface area contributed by atoms with Gasteiger partial charge in [0.15, 0.2) is 0 Å². The SMILES string of the molecule is COC(=O)c1ccc2c(CN3C(=O)C(NC(=O)OC(C)(C)C)CN(CCCN)c4ccccc43)c(OC)ccc2c1. The van der Waals surface area contributed by atoms with Gasteiger partial charge in [-0.1, -0.05) is 24.3 Å². The zero-order chi connectivity index (χ0) is 29.7. The van der Waals surface area contributed by atoms with Crippen LogP contribution in [0, 0.1) is 0 Å². The van der Waals surface area contributed by atoms with Gasteiger partial charge in [0.05, 0.1) is 37.7 Å². The Morgan fingerprint density at radius 1 is 1.05 bits per heavy atom. The number of nitrogens with two attached hydrogens (primary N) is 1. The highest BCUT2D eigenvalue weighted by Crippen LogP contribution is 2.37. The number of rotatable bonds is 8. The number of ether oxygens (including phenoxy) is 3. The van der Waals surface area contributed by atoms with Crippen LogP contribution in [0.3, 0.4) is 0 Å². The van der Waals surface area contributed by atoms with Crippen LogP contribution in [-0.2, 0) is 20.8 Å². The van der Waals surface area contributed by atoms with Gasteiger partial charge in [-0.05, 0) is 74.8 Å². The minimum atomic E-state index is -0.887. The fraction of sp³-hybridized carbons (Fsp3) is 0.387. The molecule has 1 aliphatic rings. The molecule has 1 atom stereocenters. The van der Waals surface area contributed by atoms with Crippen molar-refractivity contribution in [1.82, 2.24) is 5.32 Å². The fourth-order valence-electron chi connectivity index (χ4n) is 5.01. The molecule has 0 aliphatic carbocycles. The molecular formula is C31H38N4O6. The van der Waals surface area contributed by atoms with Crippen molar-refractivity contribution in [3.8, 4) is 5.75 Å². The zero-order valence-electron chi connectivity index (χ0n) is 24.2. The highest BCUT2D eigenvalue weighted by molar-refractivity contribution is 6.04. The predicted molar refractivity (Wildman–Crippen MR) is 159 cm³/mol. The van der Waals surface area contributed by atoms with Gasteiger partial charge in [0, 0.05) is 18.7 Å². The number of esters is 1. The van der Waals surface area contributed by atoms with E-state index in [1.807, 2.05) is 42.5 Å². The number of amides is 2. The van der Waals surface area contributed by atoms with Gasteiger partial charge in [0.25, 0.3) is 5.91 Å². The molecule has 218 valence electrons. The molecule has 1 aliphatic heterocycles. The largest absolute Gasteiger partial charge is 0.496 e. The summed E-state index contributed by atoms with van der Waals surface area (Å²) >= 11 is 0. The Morgan fingerprint density at radius 3 is 2.44 bits per heavy atom. The number of nitrogens with zero attached hydrogens (tertiary/aromatic N) is 2. The smallest absolute Gasteiger partial charge is 0.408 e. The molecule has 2 amide bonds. The van der Waals surface area contributed by atoms with E-state index in [0.29, 0.717) is 36.5 Å². The normalized spacial score (nSPS) is 15.3. The monoisotopic (exact) mass is 562 g/mol. The molecule has 1 heterocycles. The minimum Gasteiger partial charge on any atom is -0.496 e. The number of anilines is 2. The maximum atomic E-state index is 14.3. The first-order chi connectivity index (χ1) is 19.6. The lowest BCUT2D eigenvalue weighted by atomic mass is 10.00. The van der Waals surface area contributed by atoms with Crippen LogP contribution in [-0.4, -0.2) is 63.5 Å². The van der Waals surface area contributed by atoms with Crippen LogP contribution in [0.4, 0.5) is 16.2 Å². The van der Waals surface area contributed by atoms with E-state index >= 15 is 0 Å². The molecule has 0 aromatic heterocycles. The lowest BCUT2D eigenvalue weighted by Crippen LogP contribution is -2.53. The van der Waals surface area contributed by atoms with E-state index in [2.05, 4.69) is 10.2 Å². The van der Waals surface area contributed by atoms with Crippen molar-refractivity contribution in [2.45, 2.75) is 45.4 Å². The van der Waals surface area contributed by atoms with Crippen LogP contribution >= 0.6 is 0 Å². The molecule has 0 fully saturated rings. The topological polar surface area (TPSA) is 123 Å². The van der Waals surface area contributed by atoms with Crippen LogP contribution < -0.4 is 25.6 Å². The number of fused-ring (bicyclic) bond motifs is 2. The molecule has 3 N–H and O–H groups in total. The van der Waals surface area contributed by atoms with Crippen LogP contribution in [0.2, 0.25) is 0 Å². The predicted octanol–water partition coefficient (Wildman–Crippen LogP) is 4.23. The van der Waals surface area contributed by atoms with Gasteiger partial charge in [0.2, 0.25) is 0 Å². The number of carbonyl (C=O) groups excluding carboxylic acids is 3. The van der Waals surface area contributed by atoms with E-state index in [-0.39, 0.29) is 19.0 Å². The molecule has 0 spiro atoms. The summed E-state index contributed by atoms with van der Waals surface area (Å²) in [7, 11) is 2.92. The van der Waals surface area contributed by atoms with Crippen LogP contribution in [0.5, 0.6) is 5.75 Å². The molecule has 0 bridgehead atoms. The minimum absolute atomic E-state index is 0.158. The van der Waals surface area contributed by atoms with E-state index in [4.69, 9.17) is 19.9 Å². The van der Waals surface area contributed by atoms with E-state index in [1.54, 1.807) is 44.9 Å². The number of carbonyl (C=O) groups is 3. The molecule has 10 nitrogen and oxygen atoms in total. The average Bonchev–Trinajstić information content (AvgIpc) is 3.05. The Bertz CT molecular complexity index is 1430. The average molecular weight is 563 g/mol. The van der Waals surface area contributed by atoms with Crippen molar-refractivity contribution >= 4 is 40.1 Å². The number of nitrogens with one attached hydrogen (secondary N) is 1. The molecule has 3 aromatic rings. The lowest BCUT2D eigenvalue weighted by Gasteiger charge is -2.28. The molecular weight excluding hydrogens is 524 g/mol. The Balaban J connectivity index is 1.81. The number of alkyl carbamates (subject to hydrolysis) is 1. The van der Waals surface area contributed by atoms with Crippen LogP contribution in [0.1, 0.15) is 43.1 Å². The van der Waals surface area contributed by atoms with Crippen molar-refractivity contribution < 1.29 is 28.6 Å². The zero-order valence-corrected chi connectivity index (χ0v) is 24.2. The van der Waals surface area contributed by atoms with Crippen molar-refractivity contribution in [1.29, 1.82) is 0 Å². The van der Waals surface area contributed by atoms with Crippen LogP contribution in [0.15, 0.2) is 54.6 Å². The molecule has 3 aromatic carbocycles. The third-order valence-corrected chi connectivity index (χ3v) is 6.85. The van der Waals surface area contributed by atoms with E-state index < -0.39 is 23.7 Å². The van der Waals surface area contributed by atoms with Crippen molar-refractivity contribution in [3.63, 3.8) is 0 Å². The van der Waals surface area contributed by atoms with Gasteiger partial charge < -0.3 is 35.1 Å². The molecule has 0 saturated heterocycles. The first-order valence-corrected chi connectivity index (χ1v) is 13.6. The number of hydrogen-bond donors (Lipinski definition) is 2. The Hall–Kier alpha value is -4.31. The maximum absolute atomic E-state index is 14.3. The van der Waals surface area contributed by atoms with Crippen molar-refractivity contribution in [2.75, 3.05) is 43.7 Å². The molecule has 4 rings (SSSR count). The van der Waals surface area contributed by atoms with Gasteiger partial charge in [-0.3, -0.25) is 4.79 Å². The standard InChI is InChI=1S/C31H38N4O6/c1-31(2,3)41-30(38)33-24-19-34(16-8-15-32)25-9-6-7-10-26(25)35(28(24)36)18-23-22-13-11-21(29(37)40-5)17-20(22)12-14-27(23)39-4/h6-7,9-14,17,24H,8,15-16,18-19,32H2,1-5H3,(H,33,38). The number of hydrogen-bond acceptors (Lipinski definition) is 8. The Kier molecular flexibility index (Phi) is 9.02. The highest BCUT2D eigenvalue weighted by atomic mass is 16.6. The molecule has 0 radical (unpaired) electrons. The summed E-state index contributed by atoms with van der Waals surface area (Å²) in [4.78, 5) is 43.0. The summed E-state index contributed by atoms with van der Waals surface area (Å²) in [5.74, 6) is -0.132. The number of benzene rings is 3. The van der Waals surface area contributed by atoms with E-state index in [9.17, 15) is 14.4 Å². The highest BCUT2D eigenvalue weighted by Gasteiger charge is 2.36. The third kappa shape index (κ3) is 6.71. The summed E-state index contributed by atoms with van der Waals surface area (Å²) in [5, 5.41) is 4.43. The third-order valence-electron chi connectivity index (χ3n) is 6.85. The molecule has 10 heteroatoms. The van der Waals surface area contributed by atoms with E-state index in [1.165, 1.54) is 7.11 Å². The summed E-state index contributed by atoms with van der Waals surface area (Å²) < 4.78 is 16.1. The Labute approximate surface area is 240 Å². The summed E-state index contributed by atoms with van der Waals surface area (Å²) in [6, 6.07) is 15.7. The van der Waals surface area contributed by atoms with Crippen LogP contribution in [0.25, 0.3) is 10.8 Å². The summed E-state index contributed by atoms with van der Waals surface area (Å²) in [5.41, 5.74) is 7.85. The second-order valence-electron chi connectivity index (χ2n) is 10.9. The second-order valence-corrected chi connectivity index (χ2v) is 10.9. The maximum Gasteiger partial charge on any atom is 0.408 e. The van der Waals surface area contributed by atoms with Gasteiger partial charge in [-0.2, -0.15) is 0 Å². The quantitative estimate of drug-likeness (QED) is 0.391. The fourth-order valence-corrected chi connectivity index (χ4v) is 5.01. The first-order valence-electron chi connectivity index (χ1n) is 13.6. The van der Waals surface area contributed by atoms with Gasteiger partial charge >= 0.3 is 12.1 Å². The van der Waals surface area contributed by atoms with Crippen molar-refractivity contribution in [3.05, 3.63) is 65.7 Å². The first kappa shape index (κ1) is 29.7. The second kappa shape index (κ2) is 12.5. The van der Waals surface area contributed by atoms with E-state index in [0.717, 1.165) is 22.0 Å². The molecule has 1 unspecified atom stereocenters. The number of para-hydroxylation sites is 2. The number of methoxy groups -OCH3 is 2. The summed E-state index contributed by atoms with van der Waals surface area (Å²) in [6.07, 6.45) is 0.0417.